The van der Waals surface area contributed by atoms with Gasteiger partial charge < -0.3 is 5.73 Å². The van der Waals surface area contributed by atoms with Crippen molar-refractivity contribution in [3.05, 3.63) is 23.0 Å². The van der Waals surface area contributed by atoms with Gasteiger partial charge in [-0.3, -0.25) is 4.79 Å². The van der Waals surface area contributed by atoms with E-state index < -0.39 is 21.8 Å². The predicted octanol–water partition coefficient (Wildman–Crippen LogP) is 0.479. The van der Waals surface area contributed by atoms with E-state index in [0.29, 0.717) is 0 Å². The zero-order valence-electron chi connectivity index (χ0n) is 8.27. The average Bonchev–Trinajstić information content (AvgIpc) is 2.44. The Bertz CT molecular complexity index is 490. The molecule has 1 heterocycles. The summed E-state index contributed by atoms with van der Waals surface area (Å²) in [6.45, 7) is 1.48. The minimum Gasteiger partial charge on any atom is -0.321 e. The van der Waals surface area contributed by atoms with Crippen molar-refractivity contribution in [3.63, 3.8) is 0 Å². The molecular weight excluding hydrogens is 240 g/mol. The second-order valence-electron chi connectivity index (χ2n) is 3.22. The van der Waals surface area contributed by atoms with Gasteiger partial charge >= 0.3 is 0 Å². The molecule has 0 aliphatic carbocycles. The zero-order valence-corrected chi connectivity index (χ0v) is 9.84. The van der Waals surface area contributed by atoms with Gasteiger partial charge in [0, 0.05) is 0 Å². The zero-order chi connectivity index (χ0) is 11.8. The summed E-state index contributed by atoms with van der Waals surface area (Å²) in [5, 5.41) is -0.0264. The van der Waals surface area contributed by atoms with Crippen LogP contribution in [-0.2, 0) is 10.0 Å². The highest BCUT2D eigenvalue weighted by molar-refractivity contribution is 7.89. The average molecular weight is 251 g/mol. The molecule has 0 bridgehead atoms. The van der Waals surface area contributed by atoms with Crippen LogP contribution in [0.1, 0.15) is 17.4 Å². The van der Waals surface area contributed by atoms with E-state index in [1.807, 2.05) is 0 Å². The maximum Gasteiger partial charge on any atom is 0.237 e. The lowest BCUT2D eigenvalue weighted by atomic mass is 10.2. The van der Waals surface area contributed by atoms with Crippen molar-refractivity contribution in [1.29, 1.82) is 0 Å². The number of hydrogen-bond acceptors (Lipinski definition) is 4. The van der Waals surface area contributed by atoms with E-state index in [9.17, 15) is 13.2 Å². The number of aromatic nitrogens is 1. The Balaban J connectivity index is 3.40. The minimum atomic E-state index is -3.59. The van der Waals surface area contributed by atoms with E-state index in [-0.39, 0.29) is 10.8 Å². The fraction of sp³-hybridized carbons (Fsp3) is 0.375. The van der Waals surface area contributed by atoms with E-state index in [1.165, 1.54) is 19.1 Å². The van der Waals surface area contributed by atoms with Crippen LogP contribution in [-0.4, -0.2) is 30.5 Å². The highest BCUT2D eigenvalue weighted by Gasteiger charge is 2.22. The Hall–Kier alpha value is -0.850. The second kappa shape index (κ2) is 3.96. The van der Waals surface area contributed by atoms with Crippen LogP contribution >= 0.6 is 11.6 Å². The summed E-state index contributed by atoms with van der Waals surface area (Å²) in [5.41, 5.74) is 5.37. The molecule has 1 aromatic heterocycles. The lowest BCUT2D eigenvalue weighted by Gasteiger charge is -2.08. The quantitative estimate of drug-likeness (QED) is 0.791. The standard InChI is InChI=1S/C8H11ClN2O3S/c1-5(10)8(12)6-3-4-7(9)11(6)15(2,13)14/h3-5H,10H2,1-2H3. The van der Waals surface area contributed by atoms with Crippen molar-refractivity contribution in [2.24, 2.45) is 5.73 Å². The number of nitrogens with zero attached hydrogens (tertiary/aromatic N) is 1. The first-order chi connectivity index (χ1) is 6.75. The monoisotopic (exact) mass is 250 g/mol. The SMILES string of the molecule is CC(N)C(=O)c1ccc(Cl)n1S(C)(=O)=O. The maximum atomic E-state index is 11.6. The van der Waals surface area contributed by atoms with Gasteiger partial charge in [-0.2, -0.15) is 0 Å². The molecule has 15 heavy (non-hydrogen) atoms. The van der Waals surface area contributed by atoms with Crippen molar-refractivity contribution in [2.75, 3.05) is 6.26 Å². The summed E-state index contributed by atoms with van der Waals surface area (Å²) in [6, 6.07) is 1.92. The highest BCUT2D eigenvalue weighted by atomic mass is 35.5. The number of Topliss-reactive ketones (excluding diaryl/α,β-unsaturated/α-hetero) is 1. The molecular formula is C8H11ClN2O3S. The van der Waals surface area contributed by atoms with E-state index in [0.717, 1.165) is 10.2 Å². The van der Waals surface area contributed by atoms with Crippen molar-refractivity contribution < 1.29 is 13.2 Å². The third-order valence-corrected chi connectivity index (χ3v) is 3.24. The first-order valence-corrected chi connectivity index (χ1v) is 6.35. The van der Waals surface area contributed by atoms with Crippen molar-refractivity contribution in [1.82, 2.24) is 3.97 Å². The minimum absolute atomic E-state index is 0.0162. The largest absolute Gasteiger partial charge is 0.321 e. The number of rotatable bonds is 3. The van der Waals surface area contributed by atoms with Gasteiger partial charge in [0.25, 0.3) is 0 Å². The Kier molecular flexibility index (Phi) is 3.22. The highest BCUT2D eigenvalue weighted by Crippen LogP contribution is 2.18. The molecule has 1 rings (SSSR count). The van der Waals surface area contributed by atoms with Crippen molar-refractivity contribution in [2.45, 2.75) is 13.0 Å². The van der Waals surface area contributed by atoms with E-state index in [1.54, 1.807) is 0 Å². The predicted molar refractivity (Wildman–Crippen MR) is 57.7 cm³/mol. The van der Waals surface area contributed by atoms with Crippen LogP contribution in [0.25, 0.3) is 0 Å². The first-order valence-electron chi connectivity index (χ1n) is 4.12. The van der Waals surface area contributed by atoms with Gasteiger partial charge in [-0.1, -0.05) is 11.6 Å². The van der Waals surface area contributed by atoms with Gasteiger partial charge in [0.05, 0.1) is 12.3 Å². The molecule has 0 fully saturated rings. The number of nitrogens with two attached hydrogens (primary N) is 1. The Morgan fingerprint density at radius 3 is 2.47 bits per heavy atom. The maximum absolute atomic E-state index is 11.6. The van der Waals surface area contributed by atoms with Crippen LogP contribution in [0.2, 0.25) is 5.15 Å². The smallest absolute Gasteiger partial charge is 0.237 e. The van der Waals surface area contributed by atoms with E-state index >= 15 is 0 Å². The van der Waals surface area contributed by atoms with Crippen LogP contribution < -0.4 is 5.73 Å². The van der Waals surface area contributed by atoms with Gasteiger partial charge in [-0.15, -0.1) is 0 Å². The number of hydrogen-bond donors (Lipinski definition) is 1. The first kappa shape index (κ1) is 12.2. The van der Waals surface area contributed by atoms with Crippen LogP contribution in [0.3, 0.4) is 0 Å². The molecule has 2 N–H and O–H groups in total. The van der Waals surface area contributed by atoms with E-state index in [2.05, 4.69) is 0 Å². The molecule has 0 aliphatic rings. The Morgan fingerprint density at radius 1 is 1.53 bits per heavy atom. The van der Waals surface area contributed by atoms with Crippen molar-refractivity contribution in [3.8, 4) is 0 Å². The molecule has 84 valence electrons. The van der Waals surface area contributed by atoms with Gasteiger partial charge in [0.2, 0.25) is 10.0 Å². The van der Waals surface area contributed by atoms with Crippen LogP contribution in [0, 0.1) is 0 Å². The van der Waals surface area contributed by atoms with Crippen LogP contribution in [0.5, 0.6) is 0 Å². The third kappa shape index (κ3) is 2.39. The number of carbonyl (C=O) groups is 1. The summed E-state index contributed by atoms with van der Waals surface area (Å²) < 4.78 is 23.5. The summed E-state index contributed by atoms with van der Waals surface area (Å²) in [7, 11) is -3.59. The Labute approximate surface area is 92.9 Å². The molecule has 0 saturated carbocycles. The third-order valence-electron chi connectivity index (χ3n) is 1.79. The van der Waals surface area contributed by atoms with Crippen LogP contribution in [0.4, 0.5) is 0 Å². The molecule has 7 heteroatoms. The fourth-order valence-electron chi connectivity index (χ4n) is 1.15. The Morgan fingerprint density at radius 2 is 2.07 bits per heavy atom. The van der Waals surface area contributed by atoms with Gasteiger partial charge in [0.15, 0.2) is 5.78 Å². The molecule has 0 radical (unpaired) electrons. The molecule has 5 nitrogen and oxygen atoms in total. The van der Waals surface area contributed by atoms with Gasteiger partial charge in [-0.25, -0.2) is 12.4 Å². The summed E-state index contributed by atoms with van der Waals surface area (Å²) in [4.78, 5) is 11.6. The molecule has 1 unspecified atom stereocenters. The van der Waals surface area contributed by atoms with Gasteiger partial charge in [0.1, 0.15) is 10.8 Å². The normalized spacial score (nSPS) is 13.9. The molecule has 0 saturated heterocycles. The molecule has 1 aromatic rings. The lowest BCUT2D eigenvalue weighted by molar-refractivity contribution is 0.0962. The number of carbonyl (C=O) groups excluding carboxylic acids is 1. The number of halogens is 1. The topological polar surface area (TPSA) is 82.2 Å². The molecule has 0 spiro atoms. The molecule has 0 amide bonds. The molecule has 1 atom stereocenters. The van der Waals surface area contributed by atoms with E-state index in [4.69, 9.17) is 17.3 Å². The fourth-order valence-corrected chi connectivity index (χ4v) is 2.57. The summed E-state index contributed by atoms with van der Waals surface area (Å²) in [6.07, 6.45) is 0.969. The number of ketones is 1. The van der Waals surface area contributed by atoms with Crippen molar-refractivity contribution >= 4 is 27.4 Å². The molecule has 0 aliphatic heterocycles. The van der Waals surface area contributed by atoms with Gasteiger partial charge in [-0.05, 0) is 19.1 Å². The lowest BCUT2D eigenvalue weighted by Crippen LogP contribution is -2.30. The summed E-state index contributed by atoms with van der Waals surface area (Å²) in [5.74, 6) is -0.465. The van der Waals surface area contributed by atoms with Crippen LogP contribution in [0.15, 0.2) is 12.1 Å². The summed E-state index contributed by atoms with van der Waals surface area (Å²) >= 11 is 5.67. The molecule has 0 aromatic carbocycles. The second-order valence-corrected chi connectivity index (χ2v) is 5.44.